The van der Waals surface area contributed by atoms with Crippen LogP contribution >= 0.6 is 0 Å². The van der Waals surface area contributed by atoms with Gasteiger partial charge in [0.15, 0.2) is 11.3 Å². The van der Waals surface area contributed by atoms with E-state index < -0.39 is 0 Å². The van der Waals surface area contributed by atoms with Crippen LogP contribution in [0, 0.1) is 0 Å². The highest BCUT2D eigenvalue weighted by atomic mass is 16.2. The Morgan fingerprint density at radius 1 is 1.22 bits per heavy atom. The average Bonchev–Trinajstić information content (AvgIpc) is 3.06. The Hall–Kier alpha value is -2.73. The molecule has 0 unspecified atom stereocenters. The van der Waals surface area contributed by atoms with Gasteiger partial charge in [-0.15, -0.1) is 0 Å². The third kappa shape index (κ3) is 2.68. The van der Waals surface area contributed by atoms with Crippen LogP contribution in [0.15, 0.2) is 54.9 Å². The number of nitrogens with zero attached hydrogens (tertiary/aromatic N) is 4. The van der Waals surface area contributed by atoms with Crippen LogP contribution in [-0.2, 0) is 0 Å². The highest BCUT2D eigenvalue weighted by Gasteiger charge is 2.26. The maximum Gasteiger partial charge on any atom is 0.274 e. The molecule has 6 heteroatoms. The Bertz CT molecular complexity index is 796. The number of fused-ring (bicyclic) bond motifs is 1. The average molecular weight is 307 g/mol. The second-order valence-corrected chi connectivity index (χ2v) is 5.62. The van der Waals surface area contributed by atoms with E-state index in [1.165, 1.54) is 5.56 Å². The van der Waals surface area contributed by atoms with Gasteiger partial charge in [-0.1, -0.05) is 30.3 Å². The molecule has 1 amide bonds. The molecule has 4 rings (SSSR count). The van der Waals surface area contributed by atoms with Crippen molar-refractivity contribution in [3.8, 4) is 0 Å². The molecule has 3 aromatic rings. The van der Waals surface area contributed by atoms with E-state index in [0.717, 1.165) is 6.54 Å². The first-order valence-corrected chi connectivity index (χ1v) is 7.69. The van der Waals surface area contributed by atoms with Gasteiger partial charge in [-0.25, -0.2) is 9.50 Å². The minimum absolute atomic E-state index is 0.0436. The van der Waals surface area contributed by atoms with Gasteiger partial charge in [-0.2, -0.15) is 5.10 Å². The van der Waals surface area contributed by atoms with E-state index in [4.69, 9.17) is 0 Å². The normalized spacial score (nSPS) is 18.3. The minimum Gasteiger partial charge on any atom is -0.334 e. The van der Waals surface area contributed by atoms with Gasteiger partial charge in [0.05, 0.1) is 0 Å². The van der Waals surface area contributed by atoms with E-state index >= 15 is 0 Å². The van der Waals surface area contributed by atoms with Crippen molar-refractivity contribution >= 4 is 11.6 Å². The molecule has 1 aliphatic rings. The standard InChI is InChI=1S/C17H17N5O/c23-17(14-11-16-19-7-4-9-22(16)20-14)21-10-8-18-15(12-21)13-5-2-1-3-6-13/h1-7,9,11,15,18H,8,10,12H2/t15-/m1/s1. The number of aromatic nitrogens is 3. The van der Waals surface area contributed by atoms with Crippen molar-refractivity contribution in [1.29, 1.82) is 0 Å². The van der Waals surface area contributed by atoms with Gasteiger partial charge in [0.1, 0.15) is 0 Å². The summed E-state index contributed by atoms with van der Waals surface area (Å²) in [5.74, 6) is -0.0436. The van der Waals surface area contributed by atoms with Crippen molar-refractivity contribution in [3.63, 3.8) is 0 Å². The Morgan fingerprint density at radius 2 is 2.09 bits per heavy atom. The number of hydrogen-bond acceptors (Lipinski definition) is 4. The van der Waals surface area contributed by atoms with Gasteiger partial charge in [-0.05, 0) is 11.6 Å². The van der Waals surface area contributed by atoms with Crippen LogP contribution in [0.5, 0.6) is 0 Å². The van der Waals surface area contributed by atoms with Crippen LogP contribution in [0.4, 0.5) is 0 Å². The smallest absolute Gasteiger partial charge is 0.274 e. The van der Waals surface area contributed by atoms with Gasteiger partial charge in [-0.3, -0.25) is 4.79 Å². The van der Waals surface area contributed by atoms with Crippen molar-refractivity contribution in [3.05, 3.63) is 66.1 Å². The third-order valence-electron chi connectivity index (χ3n) is 4.12. The van der Waals surface area contributed by atoms with E-state index in [2.05, 4.69) is 27.5 Å². The van der Waals surface area contributed by atoms with Crippen molar-refractivity contribution in [2.75, 3.05) is 19.6 Å². The Morgan fingerprint density at radius 3 is 2.91 bits per heavy atom. The number of benzene rings is 1. The van der Waals surface area contributed by atoms with Gasteiger partial charge >= 0.3 is 0 Å². The molecule has 0 radical (unpaired) electrons. The van der Waals surface area contributed by atoms with E-state index in [9.17, 15) is 4.79 Å². The molecule has 0 saturated carbocycles. The fourth-order valence-corrected chi connectivity index (χ4v) is 2.94. The molecular formula is C17H17N5O. The lowest BCUT2D eigenvalue weighted by atomic mass is 10.0. The molecule has 6 nitrogen and oxygen atoms in total. The summed E-state index contributed by atoms with van der Waals surface area (Å²) in [5.41, 5.74) is 2.32. The van der Waals surface area contributed by atoms with E-state index in [1.807, 2.05) is 23.1 Å². The summed E-state index contributed by atoms with van der Waals surface area (Å²) in [4.78, 5) is 18.8. The van der Waals surface area contributed by atoms with Gasteiger partial charge < -0.3 is 10.2 Å². The molecule has 1 atom stereocenters. The molecule has 23 heavy (non-hydrogen) atoms. The number of hydrogen-bond donors (Lipinski definition) is 1. The summed E-state index contributed by atoms with van der Waals surface area (Å²) in [6, 6.07) is 13.9. The van der Waals surface area contributed by atoms with Gasteiger partial charge in [0.25, 0.3) is 5.91 Å². The lowest BCUT2D eigenvalue weighted by Crippen LogP contribution is -2.48. The molecule has 1 aromatic carbocycles. The molecule has 1 aliphatic heterocycles. The molecule has 3 heterocycles. The number of amides is 1. The molecule has 1 fully saturated rings. The summed E-state index contributed by atoms with van der Waals surface area (Å²) in [6.07, 6.45) is 3.49. The van der Waals surface area contributed by atoms with E-state index in [-0.39, 0.29) is 11.9 Å². The Kier molecular flexibility index (Phi) is 3.51. The largest absolute Gasteiger partial charge is 0.334 e. The van der Waals surface area contributed by atoms with E-state index in [1.54, 1.807) is 29.0 Å². The first-order chi connectivity index (χ1) is 11.3. The molecule has 0 aliphatic carbocycles. The topological polar surface area (TPSA) is 62.5 Å². The maximum absolute atomic E-state index is 12.7. The quantitative estimate of drug-likeness (QED) is 0.779. The van der Waals surface area contributed by atoms with Gasteiger partial charge in [0, 0.05) is 44.1 Å². The summed E-state index contributed by atoms with van der Waals surface area (Å²) in [7, 11) is 0. The zero-order chi connectivity index (χ0) is 15.6. The first-order valence-electron chi connectivity index (χ1n) is 7.69. The number of rotatable bonds is 2. The molecule has 1 saturated heterocycles. The second-order valence-electron chi connectivity index (χ2n) is 5.62. The number of nitrogens with one attached hydrogen (secondary N) is 1. The van der Waals surface area contributed by atoms with Crippen molar-refractivity contribution in [2.24, 2.45) is 0 Å². The fourth-order valence-electron chi connectivity index (χ4n) is 2.94. The molecule has 0 bridgehead atoms. The van der Waals surface area contributed by atoms with Gasteiger partial charge in [0.2, 0.25) is 0 Å². The summed E-state index contributed by atoms with van der Waals surface area (Å²) < 4.78 is 1.63. The third-order valence-corrected chi connectivity index (χ3v) is 4.12. The van der Waals surface area contributed by atoms with Crippen LogP contribution in [-0.4, -0.2) is 45.0 Å². The van der Waals surface area contributed by atoms with Crippen LogP contribution in [0.25, 0.3) is 5.65 Å². The number of carbonyl (C=O) groups excluding carboxylic acids is 1. The predicted molar refractivity (Wildman–Crippen MR) is 86.1 cm³/mol. The van der Waals surface area contributed by atoms with Crippen LogP contribution < -0.4 is 5.32 Å². The van der Waals surface area contributed by atoms with Crippen molar-refractivity contribution in [2.45, 2.75) is 6.04 Å². The fraction of sp³-hybridized carbons (Fsp3) is 0.235. The van der Waals surface area contributed by atoms with Crippen LogP contribution in [0.1, 0.15) is 22.1 Å². The molecule has 1 N–H and O–H groups in total. The van der Waals surface area contributed by atoms with E-state index in [0.29, 0.717) is 24.4 Å². The monoisotopic (exact) mass is 307 g/mol. The molecular weight excluding hydrogens is 290 g/mol. The lowest BCUT2D eigenvalue weighted by Gasteiger charge is -2.33. The Labute approximate surface area is 133 Å². The molecule has 2 aromatic heterocycles. The SMILES string of the molecule is O=C(c1cc2ncccn2n1)N1CCN[C@@H](c2ccccc2)C1. The first kappa shape index (κ1) is 13.9. The molecule has 116 valence electrons. The zero-order valence-electron chi connectivity index (χ0n) is 12.6. The maximum atomic E-state index is 12.7. The number of carbonyl (C=O) groups is 1. The molecule has 0 spiro atoms. The summed E-state index contributed by atoms with van der Waals surface area (Å²) in [5, 5.41) is 7.79. The summed E-state index contributed by atoms with van der Waals surface area (Å²) in [6.45, 7) is 2.10. The predicted octanol–water partition coefficient (Wildman–Crippen LogP) is 1.52. The zero-order valence-corrected chi connectivity index (χ0v) is 12.6. The van der Waals surface area contributed by atoms with Crippen LogP contribution in [0.2, 0.25) is 0 Å². The Balaban J connectivity index is 1.56. The van der Waals surface area contributed by atoms with Crippen molar-refractivity contribution in [1.82, 2.24) is 24.8 Å². The lowest BCUT2D eigenvalue weighted by molar-refractivity contribution is 0.0696. The summed E-state index contributed by atoms with van der Waals surface area (Å²) >= 11 is 0. The highest BCUT2D eigenvalue weighted by molar-refractivity contribution is 5.93. The highest BCUT2D eigenvalue weighted by Crippen LogP contribution is 2.18. The van der Waals surface area contributed by atoms with Crippen LogP contribution in [0.3, 0.4) is 0 Å². The van der Waals surface area contributed by atoms with Crippen molar-refractivity contribution < 1.29 is 4.79 Å². The second kappa shape index (κ2) is 5.81. The number of piperazine rings is 1. The minimum atomic E-state index is -0.0436.